The maximum Gasteiger partial charge on any atom is 0.300 e. The summed E-state index contributed by atoms with van der Waals surface area (Å²) in [5.74, 6) is -1.50. The lowest BCUT2D eigenvalue weighted by Gasteiger charge is -2.40. The second kappa shape index (κ2) is 11.7. The molecular formula is C22H28BrFN4O6S3. The zero-order valence-corrected chi connectivity index (χ0v) is 23.9. The average molecular weight is 640 g/mol. The van der Waals surface area contributed by atoms with Crippen LogP contribution in [0.4, 0.5) is 10.1 Å². The Morgan fingerprint density at radius 2 is 1.73 bits per heavy atom. The number of halogens is 2. The van der Waals surface area contributed by atoms with E-state index in [1.165, 1.54) is 26.8 Å². The Morgan fingerprint density at radius 3 is 2.32 bits per heavy atom. The molecule has 37 heavy (non-hydrogen) atoms. The first-order valence-electron chi connectivity index (χ1n) is 11.7. The number of anilines is 1. The summed E-state index contributed by atoms with van der Waals surface area (Å²) in [7, 11) is -7.71. The van der Waals surface area contributed by atoms with E-state index in [-0.39, 0.29) is 42.6 Å². The van der Waals surface area contributed by atoms with E-state index in [9.17, 15) is 31.2 Å². The van der Waals surface area contributed by atoms with E-state index in [0.717, 1.165) is 17.0 Å². The molecule has 0 aliphatic carbocycles. The second-order valence-electron chi connectivity index (χ2n) is 9.09. The highest BCUT2D eigenvalue weighted by Gasteiger charge is 2.41. The number of hydrogen-bond donors (Lipinski definition) is 1. The lowest BCUT2D eigenvalue weighted by atomic mass is 9.92. The van der Waals surface area contributed by atoms with Crippen molar-refractivity contribution in [2.24, 2.45) is 5.92 Å². The number of rotatable bonds is 9. The lowest BCUT2D eigenvalue weighted by molar-refractivity contribution is -0.787. The molecule has 2 aliphatic heterocycles. The average Bonchev–Trinajstić information content (AvgIpc) is 3.34. The fourth-order valence-corrected chi connectivity index (χ4v) is 10.4. The number of piperazine rings is 1. The molecule has 2 fully saturated rings. The first kappa shape index (κ1) is 28.5. The summed E-state index contributed by atoms with van der Waals surface area (Å²) >= 11 is 4.34. The monoisotopic (exact) mass is 638 g/mol. The van der Waals surface area contributed by atoms with Crippen molar-refractivity contribution in [1.82, 2.24) is 8.61 Å². The van der Waals surface area contributed by atoms with E-state index in [2.05, 4.69) is 15.9 Å². The maximum atomic E-state index is 13.3. The second-order valence-corrected chi connectivity index (χ2v) is 15.7. The largest absolute Gasteiger partial charge is 0.627 e. The van der Waals surface area contributed by atoms with Gasteiger partial charge in [0.2, 0.25) is 10.0 Å². The van der Waals surface area contributed by atoms with Crippen molar-refractivity contribution in [3.63, 3.8) is 0 Å². The number of carbonyl (C=O) groups is 1. The number of benzene rings is 1. The minimum Gasteiger partial charge on any atom is -0.627 e. The molecule has 1 aromatic carbocycles. The van der Waals surface area contributed by atoms with E-state index >= 15 is 0 Å². The van der Waals surface area contributed by atoms with Gasteiger partial charge >= 0.3 is 0 Å². The highest BCUT2D eigenvalue weighted by Crippen LogP contribution is 2.31. The molecule has 2 saturated heterocycles. The normalized spacial score (nSPS) is 22.0. The molecule has 15 heteroatoms. The van der Waals surface area contributed by atoms with Crippen LogP contribution in [0.5, 0.6) is 0 Å². The molecule has 0 radical (unpaired) electrons. The zero-order chi connectivity index (χ0) is 26.8. The van der Waals surface area contributed by atoms with Gasteiger partial charge in [-0.15, -0.1) is 11.3 Å². The number of sulfonamides is 2. The number of hydrogen-bond acceptors (Lipinski definition) is 8. The van der Waals surface area contributed by atoms with Crippen LogP contribution in [0.2, 0.25) is 0 Å². The number of carbonyl (C=O) groups excluding carboxylic acids is 1. The van der Waals surface area contributed by atoms with Gasteiger partial charge in [-0.3, -0.25) is 0 Å². The molecule has 3 unspecified atom stereocenters. The van der Waals surface area contributed by atoms with Crippen LogP contribution in [0.15, 0.2) is 44.4 Å². The minimum atomic E-state index is -3.91. The molecule has 2 aromatic rings. The fraction of sp³-hybridized carbons (Fsp3) is 0.500. The number of thiophene rings is 1. The highest BCUT2D eigenvalue weighted by molar-refractivity contribution is 9.11. The molecule has 1 N–H and O–H groups in total. The smallest absolute Gasteiger partial charge is 0.300 e. The van der Waals surface area contributed by atoms with Crippen LogP contribution < -0.4 is 9.96 Å². The van der Waals surface area contributed by atoms with Crippen LogP contribution in [0.1, 0.15) is 12.8 Å². The van der Waals surface area contributed by atoms with Gasteiger partial charge in [-0.05, 0) is 65.2 Å². The molecular weight excluding hydrogens is 611 g/mol. The van der Waals surface area contributed by atoms with Crippen molar-refractivity contribution in [2.75, 3.05) is 49.9 Å². The number of piperidine rings is 1. The summed E-state index contributed by atoms with van der Waals surface area (Å²) in [6.45, 7) is 1.37. The van der Waals surface area contributed by atoms with Crippen LogP contribution in [0, 0.1) is 16.9 Å². The minimum absolute atomic E-state index is 0.0318. The summed E-state index contributed by atoms with van der Waals surface area (Å²) in [5.41, 5.74) is 0.786. The van der Waals surface area contributed by atoms with Gasteiger partial charge in [0.1, 0.15) is 21.8 Å². The van der Waals surface area contributed by atoms with E-state index in [0.29, 0.717) is 29.7 Å². The summed E-state index contributed by atoms with van der Waals surface area (Å²) in [6, 6.07) is 7.97. The highest BCUT2D eigenvalue weighted by atomic mass is 79.9. The number of quaternary nitrogens is 1. The maximum absolute atomic E-state index is 13.3. The predicted molar refractivity (Wildman–Crippen MR) is 142 cm³/mol. The lowest BCUT2D eigenvalue weighted by Crippen LogP contribution is -3.12. The van der Waals surface area contributed by atoms with Gasteiger partial charge in [-0.2, -0.15) is 8.61 Å². The van der Waals surface area contributed by atoms with Gasteiger partial charge in [0, 0.05) is 50.9 Å². The number of hydroxylamine groups is 2. The van der Waals surface area contributed by atoms with Crippen LogP contribution in [0.25, 0.3) is 0 Å². The van der Waals surface area contributed by atoms with Gasteiger partial charge < -0.3 is 15.2 Å². The van der Waals surface area contributed by atoms with Crippen LogP contribution in [-0.4, -0.2) is 82.9 Å². The molecule has 2 aliphatic rings. The summed E-state index contributed by atoms with van der Waals surface area (Å²) in [6.07, 6.45) is 1.03. The van der Waals surface area contributed by atoms with Crippen molar-refractivity contribution in [3.8, 4) is 0 Å². The topological polar surface area (TPSA) is 123 Å². The van der Waals surface area contributed by atoms with Crippen molar-refractivity contribution < 1.29 is 31.1 Å². The summed E-state index contributed by atoms with van der Waals surface area (Å²) < 4.78 is 69.5. The molecule has 1 amide bonds. The van der Waals surface area contributed by atoms with Crippen molar-refractivity contribution in [2.45, 2.75) is 23.1 Å². The molecule has 3 heterocycles. The molecule has 0 spiro atoms. The molecule has 204 valence electrons. The van der Waals surface area contributed by atoms with E-state index < -0.39 is 42.8 Å². The van der Waals surface area contributed by atoms with Gasteiger partial charge in [0.15, 0.2) is 0 Å². The Hall–Kier alpha value is -1.46. The fourth-order valence-electron chi connectivity index (χ4n) is 4.83. The quantitative estimate of drug-likeness (QED) is 0.322. The first-order valence-corrected chi connectivity index (χ1v) is 16.4. The Kier molecular flexibility index (Phi) is 9.05. The Balaban J connectivity index is 1.45. The molecule has 0 bridgehead atoms. The summed E-state index contributed by atoms with van der Waals surface area (Å²) in [4.78, 5) is 13.4. The third-order valence-corrected chi connectivity index (χ3v) is 12.7. The van der Waals surface area contributed by atoms with Gasteiger partial charge in [0.05, 0.1) is 3.79 Å². The molecule has 3 atom stereocenters. The SMILES string of the molecule is O=C[NH+]([O-])C(CS(=O)(=O)N1CCN(c2ccc(F)cc2)CC1)C1CCCN(S(=O)(=O)c2ccc(Br)s2)C1. The van der Waals surface area contributed by atoms with Crippen LogP contribution >= 0.6 is 27.3 Å². The zero-order valence-electron chi connectivity index (χ0n) is 19.8. The number of nitrogens with one attached hydrogen (secondary N) is 1. The predicted octanol–water partition coefficient (Wildman–Crippen LogP) is 1.11. The Bertz CT molecular complexity index is 1300. The van der Waals surface area contributed by atoms with Crippen molar-refractivity contribution in [3.05, 3.63) is 51.2 Å². The molecule has 0 saturated carbocycles. The van der Waals surface area contributed by atoms with E-state index in [1.807, 2.05) is 4.90 Å². The molecule has 4 rings (SSSR count). The standard InChI is InChI=1S/C22H28BrFN4O6S3/c23-21-7-8-22(35-21)37(33,34)27-9-1-2-17(14-27)20(28(30)16-29)15-36(31,32)26-12-10-25(11-13-26)19-5-3-18(24)4-6-19/h3-8,16-17,20,28H,1-2,9-15H2. The van der Waals surface area contributed by atoms with E-state index in [4.69, 9.17) is 0 Å². The third-order valence-electron chi connectivity index (χ3n) is 6.83. The Labute approximate surface area is 228 Å². The van der Waals surface area contributed by atoms with Crippen molar-refractivity contribution >= 4 is 59.4 Å². The summed E-state index contributed by atoms with van der Waals surface area (Å²) in [5, 5.41) is 11.8. The van der Waals surface area contributed by atoms with E-state index in [1.54, 1.807) is 18.2 Å². The van der Waals surface area contributed by atoms with Crippen molar-refractivity contribution in [1.29, 1.82) is 0 Å². The van der Waals surface area contributed by atoms with Gasteiger partial charge in [-0.1, -0.05) is 0 Å². The number of nitrogens with zero attached hydrogens (tertiary/aromatic N) is 3. The molecule has 10 nitrogen and oxygen atoms in total. The molecule has 1 aromatic heterocycles. The number of amides is 1. The van der Waals surface area contributed by atoms with Crippen LogP contribution in [0.3, 0.4) is 0 Å². The van der Waals surface area contributed by atoms with Crippen LogP contribution in [-0.2, 0) is 24.8 Å². The first-order chi connectivity index (χ1) is 17.5. The third kappa shape index (κ3) is 6.58. The van der Waals surface area contributed by atoms with Gasteiger partial charge in [-0.25, -0.2) is 26.0 Å². The van der Waals surface area contributed by atoms with Gasteiger partial charge in [0.25, 0.3) is 16.4 Å². The Morgan fingerprint density at radius 1 is 1.05 bits per heavy atom.